The van der Waals surface area contributed by atoms with Crippen LogP contribution in [-0.4, -0.2) is 31.1 Å². The molecule has 0 bridgehead atoms. The molecule has 1 fully saturated rings. The van der Waals surface area contributed by atoms with Gasteiger partial charge < -0.3 is 10.6 Å². The summed E-state index contributed by atoms with van der Waals surface area (Å²) in [4.78, 5) is 2.59. The van der Waals surface area contributed by atoms with E-state index in [2.05, 4.69) is 25.7 Å². The highest BCUT2D eigenvalue weighted by Crippen LogP contribution is 2.21. The third-order valence-electron chi connectivity index (χ3n) is 3.11. The van der Waals surface area contributed by atoms with Crippen molar-refractivity contribution in [2.75, 3.05) is 26.2 Å². The molecule has 14 heavy (non-hydrogen) atoms. The Hall–Kier alpha value is -0.0800. The minimum atomic E-state index is 0.468. The van der Waals surface area contributed by atoms with E-state index in [1.807, 2.05) is 0 Å². The van der Waals surface area contributed by atoms with Gasteiger partial charge in [-0.15, -0.1) is 0 Å². The Labute approximate surface area is 88.8 Å². The number of likely N-dealkylation sites (tertiary alicyclic amines) is 1. The average Bonchev–Trinajstić information content (AvgIpc) is 2.14. The van der Waals surface area contributed by atoms with Gasteiger partial charge >= 0.3 is 0 Å². The van der Waals surface area contributed by atoms with E-state index >= 15 is 0 Å². The molecule has 2 nitrogen and oxygen atoms in total. The van der Waals surface area contributed by atoms with Gasteiger partial charge in [0.25, 0.3) is 0 Å². The standard InChI is InChI=1S/C12H26N2/c1-12(2,3)6-8-14-7-4-5-11(9-13)10-14/h11H,4-10,13H2,1-3H3. The highest BCUT2D eigenvalue weighted by atomic mass is 15.1. The molecule has 2 heteroatoms. The predicted molar refractivity (Wildman–Crippen MR) is 62.3 cm³/mol. The van der Waals surface area contributed by atoms with E-state index < -0.39 is 0 Å². The maximum atomic E-state index is 5.72. The fraction of sp³-hybridized carbons (Fsp3) is 1.00. The number of piperidine rings is 1. The molecule has 1 aliphatic heterocycles. The summed E-state index contributed by atoms with van der Waals surface area (Å²) in [5.41, 5.74) is 6.19. The smallest absolute Gasteiger partial charge is 0.00217 e. The summed E-state index contributed by atoms with van der Waals surface area (Å²) in [6.45, 7) is 11.6. The van der Waals surface area contributed by atoms with Crippen molar-refractivity contribution < 1.29 is 0 Å². The van der Waals surface area contributed by atoms with Crippen molar-refractivity contribution in [2.45, 2.75) is 40.0 Å². The van der Waals surface area contributed by atoms with Gasteiger partial charge in [-0.1, -0.05) is 20.8 Å². The predicted octanol–water partition coefficient (Wildman–Crippen LogP) is 2.09. The molecule has 1 saturated heterocycles. The van der Waals surface area contributed by atoms with Gasteiger partial charge in [0.1, 0.15) is 0 Å². The molecule has 1 unspecified atom stereocenters. The second kappa shape index (κ2) is 5.13. The van der Waals surface area contributed by atoms with Crippen molar-refractivity contribution in [3.8, 4) is 0 Å². The highest BCUT2D eigenvalue weighted by molar-refractivity contribution is 4.75. The molecule has 0 spiro atoms. The van der Waals surface area contributed by atoms with Crippen molar-refractivity contribution in [3.63, 3.8) is 0 Å². The molecule has 0 amide bonds. The molecule has 2 N–H and O–H groups in total. The van der Waals surface area contributed by atoms with E-state index in [1.54, 1.807) is 0 Å². The number of nitrogens with zero attached hydrogens (tertiary/aromatic N) is 1. The zero-order chi connectivity index (χ0) is 10.6. The molecule has 0 aromatic rings. The molecule has 1 aliphatic rings. The van der Waals surface area contributed by atoms with Crippen LogP contribution in [0.1, 0.15) is 40.0 Å². The highest BCUT2D eigenvalue weighted by Gasteiger charge is 2.20. The molecule has 84 valence electrons. The summed E-state index contributed by atoms with van der Waals surface area (Å²) in [7, 11) is 0. The Morgan fingerprint density at radius 1 is 1.36 bits per heavy atom. The number of hydrogen-bond acceptors (Lipinski definition) is 2. The number of rotatable bonds is 3. The van der Waals surface area contributed by atoms with Crippen LogP contribution >= 0.6 is 0 Å². The van der Waals surface area contributed by atoms with Crippen LogP contribution in [0.15, 0.2) is 0 Å². The molecule has 1 atom stereocenters. The first-order chi connectivity index (χ1) is 6.51. The van der Waals surface area contributed by atoms with Gasteiger partial charge in [-0.3, -0.25) is 0 Å². The summed E-state index contributed by atoms with van der Waals surface area (Å²) < 4.78 is 0. The van der Waals surface area contributed by atoms with E-state index in [9.17, 15) is 0 Å². The van der Waals surface area contributed by atoms with Crippen LogP contribution in [-0.2, 0) is 0 Å². The fourth-order valence-electron chi connectivity index (χ4n) is 2.04. The van der Waals surface area contributed by atoms with E-state index in [0.29, 0.717) is 5.41 Å². The molecular weight excluding hydrogens is 172 g/mol. The van der Waals surface area contributed by atoms with Crippen LogP contribution < -0.4 is 5.73 Å². The summed E-state index contributed by atoms with van der Waals surface area (Å²) in [6, 6.07) is 0. The summed E-state index contributed by atoms with van der Waals surface area (Å²) >= 11 is 0. The van der Waals surface area contributed by atoms with Gasteiger partial charge in [-0.2, -0.15) is 0 Å². The summed E-state index contributed by atoms with van der Waals surface area (Å²) in [5, 5.41) is 0. The van der Waals surface area contributed by atoms with Gasteiger partial charge in [0.2, 0.25) is 0 Å². The Balaban J connectivity index is 2.24. The molecule has 0 saturated carbocycles. The lowest BCUT2D eigenvalue weighted by Gasteiger charge is -2.33. The van der Waals surface area contributed by atoms with E-state index in [0.717, 1.165) is 12.5 Å². The lowest BCUT2D eigenvalue weighted by atomic mass is 9.91. The lowest BCUT2D eigenvalue weighted by Crippen LogP contribution is -2.39. The minimum Gasteiger partial charge on any atom is -0.330 e. The van der Waals surface area contributed by atoms with Crippen molar-refractivity contribution >= 4 is 0 Å². The first kappa shape index (κ1) is 12.0. The van der Waals surface area contributed by atoms with Crippen molar-refractivity contribution in [3.05, 3.63) is 0 Å². The van der Waals surface area contributed by atoms with Crippen molar-refractivity contribution in [1.82, 2.24) is 4.90 Å². The molecule has 1 rings (SSSR count). The van der Waals surface area contributed by atoms with Crippen molar-refractivity contribution in [1.29, 1.82) is 0 Å². The van der Waals surface area contributed by atoms with Crippen LogP contribution in [0.3, 0.4) is 0 Å². The number of nitrogens with two attached hydrogens (primary N) is 1. The van der Waals surface area contributed by atoms with Gasteiger partial charge in [0.05, 0.1) is 0 Å². The topological polar surface area (TPSA) is 29.3 Å². The first-order valence-electron chi connectivity index (χ1n) is 5.94. The fourth-order valence-corrected chi connectivity index (χ4v) is 2.04. The second-order valence-corrected chi connectivity index (χ2v) is 5.86. The molecule has 1 heterocycles. The molecular formula is C12H26N2. The molecule has 0 radical (unpaired) electrons. The third kappa shape index (κ3) is 4.43. The van der Waals surface area contributed by atoms with Crippen LogP contribution in [0.4, 0.5) is 0 Å². The summed E-state index contributed by atoms with van der Waals surface area (Å²) in [5.74, 6) is 0.753. The average molecular weight is 198 g/mol. The van der Waals surface area contributed by atoms with Crippen LogP contribution in [0.2, 0.25) is 0 Å². The van der Waals surface area contributed by atoms with Gasteiger partial charge in [-0.25, -0.2) is 0 Å². The monoisotopic (exact) mass is 198 g/mol. The Morgan fingerprint density at radius 3 is 2.64 bits per heavy atom. The molecule has 0 aliphatic carbocycles. The zero-order valence-corrected chi connectivity index (χ0v) is 10.1. The first-order valence-corrected chi connectivity index (χ1v) is 5.94. The molecule has 0 aromatic heterocycles. The number of hydrogen-bond donors (Lipinski definition) is 1. The molecule has 0 aromatic carbocycles. The third-order valence-corrected chi connectivity index (χ3v) is 3.11. The Kier molecular flexibility index (Phi) is 4.39. The van der Waals surface area contributed by atoms with E-state index in [4.69, 9.17) is 5.73 Å². The quantitative estimate of drug-likeness (QED) is 0.752. The zero-order valence-electron chi connectivity index (χ0n) is 10.1. The SMILES string of the molecule is CC(C)(C)CCN1CCCC(CN)C1. The van der Waals surface area contributed by atoms with Gasteiger partial charge in [0.15, 0.2) is 0 Å². The minimum absolute atomic E-state index is 0.468. The van der Waals surface area contributed by atoms with Gasteiger partial charge in [0, 0.05) is 6.54 Å². The Morgan fingerprint density at radius 2 is 2.07 bits per heavy atom. The van der Waals surface area contributed by atoms with Crippen LogP contribution in [0, 0.1) is 11.3 Å². The van der Waals surface area contributed by atoms with Crippen LogP contribution in [0.5, 0.6) is 0 Å². The maximum Gasteiger partial charge on any atom is 0.00217 e. The largest absolute Gasteiger partial charge is 0.330 e. The summed E-state index contributed by atoms with van der Waals surface area (Å²) in [6.07, 6.45) is 3.97. The van der Waals surface area contributed by atoms with E-state index in [-0.39, 0.29) is 0 Å². The lowest BCUT2D eigenvalue weighted by molar-refractivity contribution is 0.158. The second-order valence-electron chi connectivity index (χ2n) is 5.86. The van der Waals surface area contributed by atoms with Crippen molar-refractivity contribution in [2.24, 2.45) is 17.1 Å². The maximum absolute atomic E-state index is 5.72. The van der Waals surface area contributed by atoms with E-state index in [1.165, 1.54) is 38.9 Å². The normalized spacial score (nSPS) is 25.3. The van der Waals surface area contributed by atoms with Gasteiger partial charge in [-0.05, 0) is 50.2 Å². The van der Waals surface area contributed by atoms with Crippen LogP contribution in [0.25, 0.3) is 0 Å². The Bertz CT molecular complexity index is 160.